The summed E-state index contributed by atoms with van der Waals surface area (Å²) in [6.45, 7) is 2.02. The molecule has 4 nitrogen and oxygen atoms in total. The zero-order valence-corrected chi connectivity index (χ0v) is 12.0. The third kappa shape index (κ3) is 4.06. The molecule has 2 aromatic rings. The molecule has 0 saturated carbocycles. The van der Waals surface area contributed by atoms with Crippen molar-refractivity contribution in [1.29, 1.82) is 0 Å². The van der Waals surface area contributed by atoms with Crippen molar-refractivity contribution in [2.45, 2.75) is 18.4 Å². The van der Waals surface area contributed by atoms with Crippen LogP contribution < -0.4 is 0 Å². The number of aromatic nitrogens is 1. The molecule has 1 aromatic heterocycles. The number of fused-ring (bicyclic) bond motifs is 1. The first-order valence-electron chi connectivity index (χ1n) is 6.35. The fourth-order valence-electron chi connectivity index (χ4n) is 1.71. The van der Waals surface area contributed by atoms with E-state index in [9.17, 15) is 9.59 Å². The topological polar surface area (TPSA) is 56.3 Å². The second-order valence-corrected chi connectivity index (χ2v) is 5.15. The predicted octanol–water partition coefficient (Wildman–Crippen LogP) is 2.85. The van der Waals surface area contributed by atoms with Crippen LogP contribution in [0, 0.1) is 0 Å². The predicted molar refractivity (Wildman–Crippen MR) is 78.7 cm³/mol. The highest BCUT2D eigenvalue weighted by Crippen LogP contribution is 2.20. The van der Waals surface area contributed by atoms with Gasteiger partial charge in [-0.25, -0.2) is 4.98 Å². The van der Waals surface area contributed by atoms with Gasteiger partial charge in [-0.1, -0.05) is 36.0 Å². The lowest BCUT2D eigenvalue weighted by Gasteiger charge is -2.03. The number of hydrogen-bond donors (Lipinski definition) is 0. The van der Waals surface area contributed by atoms with Crippen LogP contribution >= 0.6 is 11.8 Å². The summed E-state index contributed by atoms with van der Waals surface area (Å²) in [4.78, 5) is 27.2. The van der Waals surface area contributed by atoms with Crippen LogP contribution in [0.5, 0.6) is 0 Å². The molecule has 5 heteroatoms. The SMILES string of the molecule is CCOC(=O)CC(=O)CSc1ccc2ccccc2n1. The Kier molecular flexibility index (Phi) is 5.12. The maximum atomic E-state index is 11.6. The molecule has 0 amide bonds. The van der Waals surface area contributed by atoms with Crippen LogP contribution in [-0.2, 0) is 14.3 Å². The number of Topliss-reactive ketones (excluding diaryl/α,β-unsaturated/α-hetero) is 1. The largest absolute Gasteiger partial charge is 0.466 e. The minimum Gasteiger partial charge on any atom is -0.466 e. The van der Waals surface area contributed by atoms with Crippen molar-refractivity contribution < 1.29 is 14.3 Å². The van der Waals surface area contributed by atoms with E-state index in [4.69, 9.17) is 4.74 Å². The summed E-state index contributed by atoms with van der Waals surface area (Å²) in [5.41, 5.74) is 0.898. The molecule has 2 rings (SSSR count). The first kappa shape index (κ1) is 14.5. The van der Waals surface area contributed by atoms with Gasteiger partial charge in [-0.3, -0.25) is 9.59 Å². The van der Waals surface area contributed by atoms with Crippen molar-refractivity contribution >= 4 is 34.4 Å². The van der Waals surface area contributed by atoms with Crippen molar-refractivity contribution in [3.8, 4) is 0 Å². The van der Waals surface area contributed by atoms with Gasteiger partial charge >= 0.3 is 5.97 Å². The fraction of sp³-hybridized carbons (Fsp3) is 0.267. The van der Waals surface area contributed by atoms with E-state index < -0.39 is 5.97 Å². The van der Waals surface area contributed by atoms with E-state index in [0.717, 1.165) is 15.9 Å². The maximum Gasteiger partial charge on any atom is 0.313 e. The number of rotatable bonds is 6. The van der Waals surface area contributed by atoms with Crippen molar-refractivity contribution in [3.63, 3.8) is 0 Å². The summed E-state index contributed by atoms with van der Waals surface area (Å²) in [5.74, 6) is -0.391. The Bertz CT molecular complexity index is 627. The van der Waals surface area contributed by atoms with Crippen LogP contribution in [-0.4, -0.2) is 29.1 Å². The lowest BCUT2D eigenvalue weighted by Crippen LogP contribution is -2.12. The third-order valence-electron chi connectivity index (χ3n) is 2.60. The molecule has 0 spiro atoms. The van der Waals surface area contributed by atoms with E-state index in [1.165, 1.54) is 11.8 Å². The number of ether oxygens (including phenoxy) is 1. The number of nitrogens with zero attached hydrogens (tertiary/aromatic N) is 1. The highest BCUT2D eigenvalue weighted by Gasteiger charge is 2.11. The molecule has 0 fully saturated rings. The van der Waals surface area contributed by atoms with Crippen molar-refractivity contribution in [1.82, 2.24) is 4.98 Å². The molecular weight excluding hydrogens is 274 g/mol. The zero-order valence-electron chi connectivity index (χ0n) is 11.2. The van der Waals surface area contributed by atoms with E-state index in [1.807, 2.05) is 36.4 Å². The molecule has 0 saturated heterocycles. The van der Waals surface area contributed by atoms with E-state index in [2.05, 4.69) is 4.98 Å². The molecular formula is C15H15NO3S. The van der Waals surface area contributed by atoms with Gasteiger partial charge in [0.25, 0.3) is 0 Å². The number of carbonyl (C=O) groups is 2. The van der Waals surface area contributed by atoms with E-state index in [-0.39, 0.29) is 18.0 Å². The van der Waals surface area contributed by atoms with E-state index >= 15 is 0 Å². The minimum absolute atomic E-state index is 0.150. The van der Waals surface area contributed by atoms with Gasteiger partial charge in [0, 0.05) is 5.39 Å². The Morgan fingerprint density at radius 2 is 2.00 bits per heavy atom. The fourth-order valence-corrected chi connectivity index (χ4v) is 2.44. The number of para-hydroxylation sites is 1. The van der Waals surface area contributed by atoms with Crippen LogP contribution in [0.25, 0.3) is 10.9 Å². The average Bonchev–Trinajstić information content (AvgIpc) is 2.45. The van der Waals surface area contributed by atoms with Gasteiger partial charge in [-0.15, -0.1) is 0 Å². The highest BCUT2D eigenvalue weighted by atomic mass is 32.2. The molecule has 0 aliphatic heterocycles. The Morgan fingerprint density at radius 1 is 1.20 bits per heavy atom. The Balaban J connectivity index is 1.92. The lowest BCUT2D eigenvalue weighted by molar-refractivity contribution is -0.145. The Hall–Kier alpha value is -1.88. The van der Waals surface area contributed by atoms with Crippen LogP contribution in [0.4, 0.5) is 0 Å². The molecule has 0 unspecified atom stereocenters. The summed E-state index contributed by atoms with van der Waals surface area (Å²) < 4.78 is 4.74. The van der Waals surface area contributed by atoms with Gasteiger partial charge in [0.2, 0.25) is 0 Å². The number of pyridine rings is 1. The zero-order chi connectivity index (χ0) is 14.4. The van der Waals surface area contributed by atoms with Gasteiger partial charge in [0.15, 0.2) is 5.78 Å². The number of esters is 1. The molecule has 0 bridgehead atoms. The van der Waals surface area contributed by atoms with Crippen LogP contribution in [0.15, 0.2) is 41.4 Å². The summed E-state index contributed by atoms with van der Waals surface area (Å²) >= 11 is 1.34. The second kappa shape index (κ2) is 7.05. The van der Waals surface area contributed by atoms with Crippen LogP contribution in [0.1, 0.15) is 13.3 Å². The number of thioether (sulfide) groups is 1. The highest BCUT2D eigenvalue weighted by molar-refractivity contribution is 7.99. The first-order valence-corrected chi connectivity index (χ1v) is 7.33. The van der Waals surface area contributed by atoms with E-state index in [1.54, 1.807) is 6.92 Å². The molecule has 104 valence electrons. The molecule has 1 aromatic carbocycles. The Morgan fingerprint density at radius 3 is 2.80 bits per heavy atom. The lowest BCUT2D eigenvalue weighted by atomic mass is 10.2. The van der Waals surface area contributed by atoms with E-state index in [0.29, 0.717) is 6.61 Å². The summed E-state index contributed by atoms with van der Waals surface area (Å²) in [7, 11) is 0. The number of carbonyl (C=O) groups excluding carboxylic acids is 2. The van der Waals surface area contributed by atoms with Crippen molar-refractivity contribution in [2.24, 2.45) is 0 Å². The molecule has 0 aliphatic rings. The first-order chi connectivity index (χ1) is 9.69. The molecule has 0 aliphatic carbocycles. The molecule has 0 atom stereocenters. The standard InChI is InChI=1S/C15H15NO3S/c1-2-19-15(18)9-12(17)10-20-14-8-7-11-5-3-4-6-13(11)16-14/h3-8H,2,9-10H2,1H3. The molecule has 0 radical (unpaired) electrons. The number of benzene rings is 1. The molecule has 0 N–H and O–H groups in total. The molecule has 20 heavy (non-hydrogen) atoms. The van der Waals surface area contributed by atoms with Crippen LogP contribution in [0.3, 0.4) is 0 Å². The van der Waals surface area contributed by atoms with Crippen molar-refractivity contribution in [2.75, 3.05) is 12.4 Å². The number of ketones is 1. The summed E-state index contributed by atoms with van der Waals surface area (Å²) in [6.07, 6.45) is -0.172. The maximum absolute atomic E-state index is 11.6. The molecule has 1 heterocycles. The second-order valence-electron chi connectivity index (χ2n) is 4.15. The van der Waals surface area contributed by atoms with Gasteiger partial charge in [-0.05, 0) is 19.1 Å². The average molecular weight is 289 g/mol. The van der Waals surface area contributed by atoms with Gasteiger partial charge in [0.05, 0.1) is 22.9 Å². The van der Waals surface area contributed by atoms with Gasteiger partial charge in [0.1, 0.15) is 6.42 Å². The quantitative estimate of drug-likeness (QED) is 0.465. The summed E-state index contributed by atoms with van der Waals surface area (Å²) in [5, 5.41) is 1.84. The Labute approximate surface area is 121 Å². The number of hydrogen-bond acceptors (Lipinski definition) is 5. The van der Waals surface area contributed by atoms with Gasteiger partial charge in [-0.2, -0.15) is 0 Å². The van der Waals surface area contributed by atoms with Gasteiger partial charge < -0.3 is 4.74 Å². The van der Waals surface area contributed by atoms with Crippen LogP contribution in [0.2, 0.25) is 0 Å². The smallest absolute Gasteiger partial charge is 0.313 e. The summed E-state index contributed by atoms with van der Waals surface area (Å²) in [6, 6.07) is 11.7. The van der Waals surface area contributed by atoms with Crippen molar-refractivity contribution in [3.05, 3.63) is 36.4 Å². The normalized spacial score (nSPS) is 10.4. The third-order valence-corrected chi connectivity index (χ3v) is 3.59. The minimum atomic E-state index is -0.468. The monoisotopic (exact) mass is 289 g/mol.